The molecular formula is C9H18BrNO. The zero-order chi connectivity index (χ0) is 9.78. The van der Waals surface area contributed by atoms with Crippen molar-refractivity contribution in [1.29, 1.82) is 0 Å². The van der Waals surface area contributed by atoms with Crippen LogP contribution in [-0.2, 0) is 4.79 Å². The number of unbranched alkanes of at least 4 members (excludes halogenated alkanes) is 1. The summed E-state index contributed by atoms with van der Waals surface area (Å²) in [7, 11) is 0. The molecular weight excluding hydrogens is 218 g/mol. The van der Waals surface area contributed by atoms with Gasteiger partial charge in [0.05, 0.1) is 16.1 Å². The number of amides is 1. The van der Waals surface area contributed by atoms with Crippen LogP contribution < -0.4 is 0 Å². The number of halogens is 1. The molecule has 12 heavy (non-hydrogen) atoms. The van der Waals surface area contributed by atoms with Gasteiger partial charge in [0, 0.05) is 12.0 Å². The predicted molar refractivity (Wildman–Crippen MR) is 55.1 cm³/mol. The maximum atomic E-state index is 11.4. The maximum Gasteiger partial charge on any atom is 0.232 e. The van der Waals surface area contributed by atoms with Gasteiger partial charge < -0.3 is 0 Å². The topological polar surface area (TPSA) is 20.3 Å². The standard InChI is InChI=1S/C9H18BrNO/c1-5-6-7-8(12)11(10)9(2,3)4/h5-7H2,1-4H3. The Hall–Kier alpha value is -0.0500. The highest BCUT2D eigenvalue weighted by Gasteiger charge is 2.23. The minimum Gasteiger partial charge on any atom is -0.274 e. The van der Waals surface area contributed by atoms with E-state index in [1.54, 1.807) is 3.93 Å². The normalized spacial score (nSPS) is 11.4. The summed E-state index contributed by atoms with van der Waals surface area (Å²) in [4.78, 5) is 11.4. The van der Waals surface area contributed by atoms with Crippen LogP contribution in [0.2, 0.25) is 0 Å². The summed E-state index contributed by atoms with van der Waals surface area (Å²) >= 11 is 3.28. The third-order valence-corrected chi connectivity index (χ3v) is 3.01. The molecule has 0 bridgehead atoms. The van der Waals surface area contributed by atoms with E-state index < -0.39 is 0 Å². The number of carbonyl (C=O) groups excluding carboxylic acids is 1. The van der Waals surface area contributed by atoms with Crippen LogP contribution in [0.5, 0.6) is 0 Å². The summed E-state index contributed by atoms with van der Waals surface area (Å²) in [6.45, 7) is 8.10. The van der Waals surface area contributed by atoms with Crippen molar-refractivity contribution < 1.29 is 4.79 Å². The zero-order valence-corrected chi connectivity index (χ0v) is 9.94. The summed E-state index contributed by atoms with van der Waals surface area (Å²) in [6, 6.07) is 0. The van der Waals surface area contributed by atoms with Gasteiger partial charge >= 0.3 is 0 Å². The van der Waals surface area contributed by atoms with E-state index in [2.05, 4.69) is 23.1 Å². The second-order valence-corrected chi connectivity index (χ2v) is 4.66. The number of hydrogen-bond acceptors (Lipinski definition) is 1. The van der Waals surface area contributed by atoms with E-state index in [1.165, 1.54) is 0 Å². The molecule has 0 unspecified atom stereocenters. The van der Waals surface area contributed by atoms with Crippen LogP contribution in [0.25, 0.3) is 0 Å². The van der Waals surface area contributed by atoms with Crippen molar-refractivity contribution in [2.45, 2.75) is 52.5 Å². The van der Waals surface area contributed by atoms with Crippen molar-refractivity contribution in [3.8, 4) is 0 Å². The first-order valence-corrected chi connectivity index (χ1v) is 5.09. The maximum absolute atomic E-state index is 11.4. The van der Waals surface area contributed by atoms with E-state index >= 15 is 0 Å². The molecule has 72 valence electrons. The highest BCUT2D eigenvalue weighted by atomic mass is 79.9. The zero-order valence-electron chi connectivity index (χ0n) is 8.35. The fourth-order valence-corrected chi connectivity index (χ4v) is 0.978. The molecule has 0 aliphatic carbocycles. The Kier molecular flexibility index (Phi) is 4.83. The lowest BCUT2D eigenvalue weighted by atomic mass is 10.1. The quantitative estimate of drug-likeness (QED) is 0.689. The third-order valence-electron chi connectivity index (χ3n) is 1.55. The highest BCUT2D eigenvalue weighted by molar-refractivity contribution is 9.07. The minimum atomic E-state index is -0.120. The molecule has 0 aliphatic rings. The second-order valence-electron chi connectivity index (χ2n) is 3.95. The van der Waals surface area contributed by atoms with Crippen LogP contribution in [0.4, 0.5) is 0 Å². The first-order valence-electron chi connectivity index (χ1n) is 4.38. The molecule has 0 N–H and O–H groups in total. The summed E-state index contributed by atoms with van der Waals surface area (Å²) in [6.07, 6.45) is 2.67. The molecule has 0 aromatic rings. The second kappa shape index (κ2) is 4.85. The smallest absolute Gasteiger partial charge is 0.232 e. The monoisotopic (exact) mass is 235 g/mol. The van der Waals surface area contributed by atoms with Crippen molar-refractivity contribution in [3.05, 3.63) is 0 Å². The molecule has 0 spiro atoms. The molecule has 0 radical (unpaired) electrons. The Morgan fingerprint density at radius 1 is 1.42 bits per heavy atom. The fraction of sp³-hybridized carbons (Fsp3) is 0.889. The Balaban J connectivity index is 3.94. The van der Waals surface area contributed by atoms with Crippen LogP contribution in [-0.4, -0.2) is 15.4 Å². The number of carbonyl (C=O) groups is 1. The molecule has 3 heteroatoms. The molecule has 0 fully saturated rings. The van der Waals surface area contributed by atoms with E-state index in [1.807, 2.05) is 20.8 Å². The van der Waals surface area contributed by atoms with Gasteiger partial charge in [-0.15, -0.1) is 0 Å². The van der Waals surface area contributed by atoms with Gasteiger partial charge in [-0.3, -0.25) is 8.72 Å². The largest absolute Gasteiger partial charge is 0.274 e. The lowest BCUT2D eigenvalue weighted by Gasteiger charge is -2.29. The first-order chi connectivity index (χ1) is 5.39. The van der Waals surface area contributed by atoms with Crippen LogP contribution >= 0.6 is 16.1 Å². The molecule has 0 rings (SSSR count). The van der Waals surface area contributed by atoms with Gasteiger partial charge in [0.15, 0.2) is 0 Å². The summed E-state index contributed by atoms with van der Waals surface area (Å²) in [5, 5.41) is 0. The van der Waals surface area contributed by atoms with Crippen molar-refractivity contribution in [2.24, 2.45) is 0 Å². The van der Waals surface area contributed by atoms with Crippen LogP contribution in [0.3, 0.4) is 0 Å². The SMILES string of the molecule is CCCCC(=O)N(Br)C(C)(C)C. The molecule has 0 heterocycles. The molecule has 0 aromatic heterocycles. The summed E-state index contributed by atoms with van der Waals surface area (Å²) in [5.74, 6) is 0.171. The van der Waals surface area contributed by atoms with E-state index in [9.17, 15) is 4.79 Å². The van der Waals surface area contributed by atoms with Gasteiger partial charge in [-0.25, -0.2) is 0 Å². The first kappa shape index (κ1) is 11.9. The van der Waals surface area contributed by atoms with Gasteiger partial charge in [0.1, 0.15) is 0 Å². The summed E-state index contributed by atoms with van der Waals surface area (Å²) in [5.41, 5.74) is -0.120. The molecule has 0 aliphatic heterocycles. The Labute approximate surface area is 83.7 Å². The molecule has 0 atom stereocenters. The average molecular weight is 236 g/mol. The lowest BCUT2D eigenvalue weighted by molar-refractivity contribution is -0.128. The van der Waals surface area contributed by atoms with Crippen LogP contribution in [0.1, 0.15) is 47.0 Å². The number of rotatable bonds is 3. The van der Waals surface area contributed by atoms with E-state index in [0.717, 1.165) is 12.8 Å². The van der Waals surface area contributed by atoms with Gasteiger partial charge in [0.25, 0.3) is 0 Å². The van der Waals surface area contributed by atoms with Crippen molar-refractivity contribution in [3.63, 3.8) is 0 Å². The van der Waals surface area contributed by atoms with Gasteiger partial charge in [-0.05, 0) is 27.2 Å². The third kappa shape index (κ3) is 4.10. The molecule has 0 aromatic carbocycles. The van der Waals surface area contributed by atoms with E-state index in [0.29, 0.717) is 6.42 Å². The van der Waals surface area contributed by atoms with Crippen LogP contribution in [0, 0.1) is 0 Å². The van der Waals surface area contributed by atoms with Crippen LogP contribution in [0.15, 0.2) is 0 Å². The Morgan fingerprint density at radius 2 is 1.92 bits per heavy atom. The molecule has 0 saturated carbocycles. The minimum absolute atomic E-state index is 0.120. The Bertz CT molecular complexity index is 151. The fourth-order valence-electron chi connectivity index (χ4n) is 0.800. The van der Waals surface area contributed by atoms with Gasteiger partial charge in [-0.2, -0.15) is 0 Å². The van der Waals surface area contributed by atoms with Gasteiger partial charge in [-0.1, -0.05) is 13.3 Å². The number of hydrogen-bond donors (Lipinski definition) is 0. The molecule has 2 nitrogen and oxygen atoms in total. The van der Waals surface area contributed by atoms with Crippen molar-refractivity contribution >= 4 is 22.1 Å². The molecule has 0 saturated heterocycles. The van der Waals surface area contributed by atoms with Gasteiger partial charge in [0.2, 0.25) is 5.91 Å². The average Bonchev–Trinajstić information content (AvgIpc) is 1.97. The van der Waals surface area contributed by atoms with E-state index in [-0.39, 0.29) is 11.4 Å². The number of nitrogens with zero attached hydrogens (tertiary/aromatic N) is 1. The predicted octanol–water partition coefficient (Wildman–Crippen LogP) is 3.11. The molecule has 1 amide bonds. The van der Waals surface area contributed by atoms with E-state index in [4.69, 9.17) is 0 Å². The Morgan fingerprint density at radius 3 is 2.25 bits per heavy atom. The lowest BCUT2D eigenvalue weighted by Crippen LogP contribution is -2.37. The highest BCUT2D eigenvalue weighted by Crippen LogP contribution is 2.19. The van der Waals surface area contributed by atoms with Crippen molar-refractivity contribution in [2.75, 3.05) is 0 Å². The van der Waals surface area contributed by atoms with Crippen molar-refractivity contribution in [1.82, 2.24) is 3.93 Å². The summed E-state index contributed by atoms with van der Waals surface area (Å²) < 4.78 is 1.63.